The van der Waals surface area contributed by atoms with Gasteiger partial charge in [-0.05, 0) is 76.0 Å². The second-order valence-corrected chi connectivity index (χ2v) is 12.1. The van der Waals surface area contributed by atoms with Crippen molar-refractivity contribution in [3.63, 3.8) is 0 Å². The number of aromatic hydroxyl groups is 1. The first-order valence-corrected chi connectivity index (χ1v) is 13.2. The van der Waals surface area contributed by atoms with E-state index >= 15 is 0 Å². The van der Waals surface area contributed by atoms with Gasteiger partial charge >= 0.3 is 0 Å². The molecule has 0 radical (unpaired) electrons. The Labute approximate surface area is 201 Å². The van der Waals surface area contributed by atoms with Crippen LogP contribution in [-0.4, -0.2) is 66.4 Å². The Hall–Kier alpha value is -1.83. The summed E-state index contributed by atoms with van der Waals surface area (Å²) < 4.78 is 13.3. The lowest BCUT2D eigenvalue weighted by Gasteiger charge is -2.74. The van der Waals surface area contributed by atoms with Crippen LogP contribution in [0.15, 0.2) is 12.1 Å². The molecule has 34 heavy (non-hydrogen) atoms. The molecule has 2 heterocycles. The van der Waals surface area contributed by atoms with E-state index in [2.05, 4.69) is 16.3 Å². The van der Waals surface area contributed by atoms with E-state index in [0.29, 0.717) is 18.3 Å². The van der Waals surface area contributed by atoms with Crippen LogP contribution in [0.25, 0.3) is 0 Å². The predicted molar refractivity (Wildman–Crippen MR) is 127 cm³/mol. The molecule has 3 unspecified atom stereocenters. The van der Waals surface area contributed by atoms with Crippen molar-refractivity contribution < 1.29 is 19.4 Å². The number of hydrogen-bond donors (Lipinski definition) is 3. The van der Waals surface area contributed by atoms with Crippen molar-refractivity contribution in [1.29, 1.82) is 0 Å². The van der Waals surface area contributed by atoms with Gasteiger partial charge in [0.2, 0.25) is 5.91 Å². The molecule has 8 rings (SSSR count). The second kappa shape index (κ2) is 6.89. The van der Waals surface area contributed by atoms with Gasteiger partial charge < -0.3 is 25.6 Å². The number of nitrogens with zero attached hydrogens (tertiary/aromatic N) is 1. The zero-order chi connectivity index (χ0) is 23.5. The molecule has 4 saturated carbocycles. The molecule has 2 aliphatic heterocycles. The Morgan fingerprint density at radius 2 is 2.18 bits per heavy atom. The summed E-state index contributed by atoms with van der Waals surface area (Å²) in [5.41, 5.74) is 7.94. The monoisotopic (exact) mass is 467 g/mol. The van der Waals surface area contributed by atoms with E-state index < -0.39 is 11.6 Å². The lowest BCUT2D eigenvalue weighted by atomic mass is 9.35. The standard InChI is InChI=1S/C27H37N3O4/c1-15(28)23(32)29-13-18-12-25-7-8-27(18,33-2)24-26(25)9-10-30(14-16-3-4-16)20(25)11-17-5-6-19(31)22(34-24)21(17)26/h5-6,15-16,18,20,24,31H,3-4,7-14,28H2,1-2H3,(H,29,32)/t15-,18?,20+,24?,25+,26-,27?/m0/s1. The van der Waals surface area contributed by atoms with Gasteiger partial charge in [0, 0.05) is 48.6 Å². The van der Waals surface area contributed by atoms with Gasteiger partial charge in [-0.3, -0.25) is 9.69 Å². The molecule has 1 amide bonds. The topological polar surface area (TPSA) is 97.0 Å². The fourth-order valence-electron chi connectivity index (χ4n) is 9.17. The maximum Gasteiger partial charge on any atom is 0.236 e. The molecule has 5 aliphatic carbocycles. The number of carbonyl (C=O) groups is 1. The van der Waals surface area contributed by atoms with Gasteiger partial charge in [-0.1, -0.05) is 6.07 Å². The number of nitrogens with one attached hydrogen (secondary N) is 1. The van der Waals surface area contributed by atoms with E-state index in [1.165, 1.54) is 30.5 Å². The smallest absolute Gasteiger partial charge is 0.236 e. The number of benzene rings is 1. The number of hydrogen-bond acceptors (Lipinski definition) is 6. The summed E-state index contributed by atoms with van der Waals surface area (Å²) >= 11 is 0. The summed E-state index contributed by atoms with van der Waals surface area (Å²) in [6.07, 6.45) is 7.70. The van der Waals surface area contributed by atoms with Crippen LogP contribution in [0.4, 0.5) is 0 Å². The first-order chi connectivity index (χ1) is 16.4. The number of phenolic OH excluding ortho intramolecular Hbond substituents is 1. The van der Waals surface area contributed by atoms with E-state index in [1.54, 1.807) is 6.92 Å². The molecule has 7 heteroatoms. The minimum Gasteiger partial charge on any atom is -0.504 e. The van der Waals surface area contributed by atoms with Gasteiger partial charge in [0.1, 0.15) is 11.7 Å². The summed E-state index contributed by atoms with van der Waals surface area (Å²) in [7, 11) is 1.81. The van der Waals surface area contributed by atoms with Crippen molar-refractivity contribution in [1.82, 2.24) is 10.2 Å². The molecule has 7 atom stereocenters. The zero-order valence-corrected chi connectivity index (χ0v) is 20.3. The predicted octanol–water partition coefficient (Wildman–Crippen LogP) is 2.08. The van der Waals surface area contributed by atoms with Crippen LogP contribution in [0.3, 0.4) is 0 Å². The van der Waals surface area contributed by atoms with Gasteiger partial charge in [-0.2, -0.15) is 0 Å². The molecule has 1 saturated heterocycles. The third-order valence-corrected chi connectivity index (χ3v) is 10.7. The maximum atomic E-state index is 12.4. The number of amides is 1. The van der Waals surface area contributed by atoms with Crippen molar-refractivity contribution in [3.8, 4) is 11.5 Å². The van der Waals surface area contributed by atoms with E-state index in [-0.39, 0.29) is 34.5 Å². The van der Waals surface area contributed by atoms with Crippen molar-refractivity contribution in [2.75, 3.05) is 26.7 Å². The number of likely N-dealkylation sites (tertiary alicyclic amines) is 1. The molecule has 4 N–H and O–H groups in total. The second-order valence-electron chi connectivity index (χ2n) is 12.1. The Bertz CT molecular complexity index is 1060. The van der Waals surface area contributed by atoms with Gasteiger partial charge in [0.25, 0.3) is 0 Å². The van der Waals surface area contributed by atoms with Crippen LogP contribution in [-0.2, 0) is 21.4 Å². The Morgan fingerprint density at radius 3 is 2.91 bits per heavy atom. The van der Waals surface area contributed by atoms with E-state index in [0.717, 1.165) is 44.6 Å². The highest BCUT2D eigenvalue weighted by Crippen LogP contribution is 2.76. The van der Waals surface area contributed by atoms with Crippen LogP contribution in [0.2, 0.25) is 0 Å². The van der Waals surface area contributed by atoms with Crippen molar-refractivity contribution in [2.24, 2.45) is 23.0 Å². The van der Waals surface area contributed by atoms with Crippen LogP contribution >= 0.6 is 0 Å². The van der Waals surface area contributed by atoms with Crippen LogP contribution in [0.1, 0.15) is 56.6 Å². The molecule has 1 aromatic rings. The molecule has 184 valence electrons. The quantitative estimate of drug-likeness (QED) is 0.593. The number of nitrogens with two attached hydrogens (primary N) is 1. The summed E-state index contributed by atoms with van der Waals surface area (Å²) in [5, 5.41) is 14.0. The summed E-state index contributed by atoms with van der Waals surface area (Å²) in [5.74, 6) is 1.83. The minimum atomic E-state index is -0.529. The minimum absolute atomic E-state index is 0.0703. The summed E-state index contributed by atoms with van der Waals surface area (Å²) in [4.78, 5) is 15.2. The molecule has 2 spiro atoms. The maximum absolute atomic E-state index is 12.4. The first-order valence-electron chi connectivity index (χ1n) is 13.2. The third-order valence-electron chi connectivity index (χ3n) is 10.7. The molecular weight excluding hydrogens is 430 g/mol. The molecule has 5 fully saturated rings. The lowest BCUT2D eigenvalue weighted by molar-refractivity contribution is -0.276. The Balaban J connectivity index is 1.37. The molecule has 7 aliphatic rings. The van der Waals surface area contributed by atoms with E-state index in [4.69, 9.17) is 15.2 Å². The fourth-order valence-corrected chi connectivity index (χ4v) is 9.17. The number of carbonyl (C=O) groups excluding carboxylic acids is 1. The molecule has 1 aromatic carbocycles. The lowest BCUT2D eigenvalue weighted by Crippen LogP contribution is -2.81. The Morgan fingerprint density at radius 1 is 1.35 bits per heavy atom. The van der Waals surface area contributed by atoms with Gasteiger partial charge in [-0.25, -0.2) is 0 Å². The molecule has 0 aromatic heterocycles. The highest BCUT2D eigenvalue weighted by Gasteiger charge is 2.80. The highest BCUT2D eigenvalue weighted by atomic mass is 16.6. The number of ether oxygens (including phenoxy) is 2. The van der Waals surface area contributed by atoms with Crippen molar-refractivity contribution >= 4 is 5.91 Å². The number of piperidine rings is 1. The largest absolute Gasteiger partial charge is 0.504 e. The van der Waals surface area contributed by atoms with Gasteiger partial charge in [0.05, 0.1) is 6.04 Å². The average Bonchev–Trinajstić information content (AvgIpc) is 3.57. The van der Waals surface area contributed by atoms with E-state index in [1.807, 2.05) is 13.2 Å². The Kier molecular flexibility index (Phi) is 4.35. The molecule has 4 bridgehead atoms. The normalized spacial score (nSPS) is 42.1. The number of methoxy groups -OCH3 is 1. The SMILES string of the molecule is COC12CC[C@@]3(CC1CNC(=O)[C@H](C)N)[C@H]1Cc4ccc(O)c5c4[C@@]3(CCN1CC1CC1)C2O5. The fraction of sp³-hybridized carbons (Fsp3) is 0.741. The van der Waals surface area contributed by atoms with Crippen LogP contribution in [0, 0.1) is 17.3 Å². The highest BCUT2D eigenvalue weighted by molar-refractivity contribution is 5.81. The van der Waals surface area contributed by atoms with Crippen LogP contribution < -0.4 is 15.8 Å². The van der Waals surface area contributed by atoms with Crippen molar-refractivity contribution in [2.45, 2.75) is 81.1 Å². The first kappa shape index (κ1) is 21.5. The van der Waals surface area contributed by atoms with Gasteiger partial charge in [-0.15, -0.1) is 0 Å². The van der Waals surface area contributed by atoms with Gasteiger partial charge in [0.15, 0.2) is 11.5 Å². The summed E-state index contributed by atoms with van der Waals surface area (Å²) in [6, 6.07) is 3.91. The molecular formula is C27H37N3O4. The van der Waals surface area contributed by atoms with Crippen LogP contribution in [0.5, 0.6) is 11.5 Å². The molecule has 7 nitrogen and oxygen atoms in total. The average molecular weight is 468 g/mol. The summed E-state index contributed by atoms with van der Waals surface area (Å²) in [6.45, 7) is 4.57. The number of rotatable bonds is 6. The van der Waals surface area contributed by atoms with E-state index in [9.17, 15) is 9.90 Å². The zero-order valence-electron chi connectivity index (χ0n) is 20.3. The number of phenols is 1. The van der Waals surface area contributed by atoms with Crippen molar-refractivity contribution in [3.05, 3.63) is 23.3 Å². The third kappa shape index (κ3) is 2.41. The number of fused-ring (bicyclic) bond motifs is 2.